The predicted molar refractivity (Wildman–Crippen MR) is 80.7 cm³/mol. The van der Waals surface area contributed by atoms with Gasteiger partial charge in [-0.05, 0) is 30.7 Å². The summed E-state index contributed by atoms with van der Waals surface area (Å²) in [7, 11) is 6.06. The minimum absolute atomic E-state index is 0.818. The Morgan fingerprint density at radius 1 is 1.21 bits per heavy atom. The number of benzene rings is 1. The van der Waals surface area contributed by atoms with Crippen LogP contribution in [0.1, 0.15) is 18.2 Å². The van der Waals surface area contributed by atoms with Crippen LogP contribution >= 0.6 is 0 Å². The van der Waals surface area contributed by atoms with Crippen LogP contribution in [0.2, 0.25) is 0 Å². The first kappa shape index (κ1) is 13.5. The van der Waals surface area contributed by atoms with Gasteiger partial charge in [-0.3, -0.25) is 4.68 Å². The number of nitrogens with zero attached hydrogens (tertiary/aromatic N) is 3. The third-order valence-electron chi connectivity index (χ3n) is 3.19. The van der Waals surface area contributed by atoms with E-state index in [1.807, 2.05) is 25.8 Å². The molecule has 1 heterocycles. The lowest BCUT2D eigenvalue weighted by molar-refractivity contribution is 0.746. The summed E-state index contributed by atoms with van der Waals surface area (Å²) in [6, 6.07) is 8.45. The van der Waals surface area contributed by atoms with Crippen molar-refractivity contribution in [3.63, 3.8) is 0 Å². The zero-order valence-corrected chi connectivity index (χ0v) is 12.1. The van der Waals surface area contributed by atoms with Crippen LogP contribution in [0.15, 0.2) is 30.5 Å². The van der Waals surface area contributed by atoms with Gasteiger partial charge in [0, 0.05) is 50.8 Å². The third-order valence-corrected chi connectivity index (χ3v) is 3.19. The molecule has 1 aromatic carbocycles. The van der Waals surface area contributed by atoms with Crippen molar-refractivity contribution in [3.8, 4) is 0 Å². The number of rotatable bonds is 5. The Labute approximate surface area is 115 Å². The van der Waals surface area contributed by atoms with Crippen LogP contribution in [0.3, 0.4) is 0 Å². The summed E-state index contributed by atoms with van der Waals surface area (Å²) in [5.74, 6) is 0. The second-order valence-corrected chi connectivity index (χ2v) is 4.92. The van der Waals surface area contributed by atoms with E-state index in [4.69, 9.17) is 0 Å². The third kappa shape index (κ3) is 3.28. The number of aromatic nitrogens is 2. The monoisotopic (exact) mass is 258 g/mol. The van der Waals surface area contributed by atoms with E-state index in [9.17, 15) is 0 Å². The van der Waals surface area contributed by atoms with Gasteiger partial charge in [0.2, 0.25) is 0 Å². The van der Waals surface area contributed by atoms with Gasteiger partial charge in [0.15, 0.2) is 0 Å². The van der Waals surface area contributed by atoms with Crippen molar-refractivity contribution < 1.29 is 0 Å². The maximum atomic E-state index is 4.45. The summed E-state index contributed by atoms with van der Waals surface area (Å²) in [4.78, 5) is 2.10. The first-order valence-corrected chi connectivity index (χ1v) is 6.62. The fourth-order valence-electron chi connectivity index (χ4n) is 2.10. The fourth-order valence-corrected chi connectivity index (χ4v) is 2.10. The highest BCUT2D eigenvalue weighted by molar-refractivity contribution is 5.54. The summed E-state index contributed by atoms with van der Waals surface area (Å²) in [6.45, 7) is 2.95. The molecule has 0 fully saturated rings. The molecule has 1 N–H and O–H groups in total. The Bertz CT molecular complexity index is 526. The van der Waals surface area contributed by atoms with Gasteiger partial charge in [0.1, 0.15) is 0 Å². The van der Waals surface area contributed by atoms with Crippen molar-refractivity contribution >= 4 is 11.4 Å². The SMILES string of the molecule is CCc1nn(C)cc1CNc1ccc(N(C)C)cc1. The van der Waals surface area contributed by atoms with Gasteiger partial charge in [-0.2, -0.15) is 5.10 Å². The molecule has 102 valence electrons. The molecule has 0 aliphatic heterocycles. The first-order chi connectivity index (χ1) is 9.10. The van der Waals surface area contributed by atoms with Crippen LogP contribution in [0, 0.1) is 0 Å². The molecule has 0 saturated carbocycles. The van der Waals surface area contributed by atoms with Gasteiger partial charge >= 0.3 is 0 Å². The fraction of sp³-hybridized carbons (Fsp3) is 0.400. The lowest BCUT2D eigenvalue weighted by Gasteiger charge is -2.13. The maximum absolute atomic E-state index is 4.45. The average Bonchev–Trinajstić information content (AvgIpc) is 2.77. The molecular weight excluding hydrogens is 236 g/mol. The normalized spacial score (nSPS) is 10.5. The van der Waals surface area contributed by atoms with Crippen LogP contribution in [-0.4, -0.2) is 23.9 Å². The van der Waals surface area contributed by atoms with Crippen molar-refractivity contribution in [2.75, 3.05) is 24.3 Å². The molecule has 0 aliphatic rings. The number of nitrogens with one attached hydrogen (secondary N) is 1. The molecule has 2 aromatic rings. The summed E-state index contributed by atoms with van der Waals surface area (Å²) < 4.78 is 1.88. The van der Waals surface area contributed by atoms with Crippen molar-refractivity contribution in [1.29, 1.82) is 0 Å². The number of hydrogen-bond donors (Lipinski definition) is 1. The van der Waals surface area contributed by atoms with Crippen LogP contribution in [0.5, 0.6) is 0 Å². The van der Waals surface area contributed by atoms with Crippen LogP contribution in [0.25, 0.3) is 0 Å². The highest BCUT2D eigenvalue weighted by atomic mass is 15.3. The Morgan fingerprint density at radius 3 is 2.47 bits per heavy atom. The quantitative estimate of drug-likeness (QED) is 0.895. The molecule has 19 heavy (non-hydrogen) atoms. The average molecular weight is 258 g/mol. The Hall–Kier alpha value is -1.97. The Morgan fingerprint density at radius 2 is 1.89 bits per heavy atom. The van der Waals surface area contributed by atoms with E-state index in [-0.39, 0.29) is 0 Å². The predicted octanol–water partition coefficient (Wildman–Crippen LogP) is 2.66. The summed E-state index contributed by atoms with van der Waals surface area (Å²) in [6.07, 6.45) is 3.05. The van der Waals surface area contributed by atoms with Gasteiger partial charge < -0.3 is 10.2 Å². The minimum atomic E-state index is 0.818. The zero-order chi connectivity index (χ0) is 13.8. The molecule has 1 aromatic heterocycles. The number of aryl methyl sites for hydroxylation is 2. The molecule has 0 saturated heterocycles. The molecule has 4 heteroatoms. The highest BCUT2D eigenvalue weighted by Crippen LogP contribution is 2.17. The maximum Gasteiger partial charge on any atom is 0.0671 e. The van der Waals surface area contributed by atoms with Crippen LogP contribution < -0.4 is 10.2 Å². The van der Waals surface area contributed by atoms with E-state index in [0.717, 1.165) is 18.7 Å². The molecule has 0 radical (unpaired) electrons. The van der Waals surface area contributed by atoms with Crippen molar-refractivity contribution in [1.82, 2.24) is 9.78 Å². The molecule has 0 aliphatic carbocycles. The molecule has 2 rings (SSSR count). The second-order valence-electron chi connectivity index (χ2n) is 4.92. The zero-order valence-electron chi connectivity index (χ0n) is 12.1. The second kappa shape index (κ2) is 5.78. The molecular formula is C15H22N4. The van der Waals surface area contributed by atoms with Gasteiger partial charge in [-0.15, -0.1) is 0 Å². The van der Waals surface area contributed by atoms with Crippen molar-refractivity contribution in [2.45, 2.75) is 19.9 Å². The molecule has 0 amide bonds. The number of anilines is 2. The van der Waals surface area contributed by atoms with Crippen molar-refractivity contribution in [3.05, 3.63) is 41.7 Å². The van der Waals surface area contributed by atoms with E-state index in [1.54, 1.807) is 0 Å². The number of hydrogen-bond acceptors (Lipinski definition) is 3. The summed E-state index contributed by atoms with van der Waals surface area (Å²) >= 11 is 0. The molecule has 4 nitrogen and oxygen atoms in total. The molecule has 0 unspecified atom stereocenters. The molecule has 0 spiro atoms. The van der Waals surface area contributed by atoms with E-state index in [2.05, 4.69) is 52.7 Å². The lowest BCUT2D eigenvalue weighted by Crippen LogP contribution is -2.08. The van der Waals surface area contributed by atoms with E-state index < -0.39 is 0 Å². The Balaban J connectivity index is 2.01. The van der Waals surface area contributed by atoms with E-state index in [0.29, 0.717) is 0 Å². The van der Waals surface area contributed by atoms with E-state index >= 15 is 0 Å². The van der Waals surface area contributed by atoms with Gasteiger partial charge in [0.25, 0.3) is 0 Å². The van der Waals surface area contributed by atoms with Gasteiger partial charge in [0.05, 0.1) is 5.69 Å². The van der Waals surface area contributed by atoms with Gasteiger partial charge in [-0.1, -0.05) is 6.92 Å². The highest BCUT2D eigenvalue weighted by Gasteiger charge is 2.05. The smallest absolute Gasteiger partial charge is 0.0671 e. The van der Waals surface area contributed by atoms with Crippen LogP contribution in [0.4, 0.5) is 11.4 Å². The Kier molecular flexibility index (Phi) is 4.10. The molecule has 0 bridgehead atoms. The van der Waals surface area contributed by atoms with Crippen molar-refractivity contribution in [2.24, 2.45) is 7.05 Å². The topological polar surface area (TPSA) is 33.1 Å². The minimum Gasteiger partial charge on any atom is -0.381 e. The summed E-state index contributed by atoms with van der Waals surface area (Å²) in [5, 5.41) is 7.89. The molecule has 0 atom stereocenters. The van der Waals surface area contributed by atoms with Crippen LogP contribution in [-0.2, 0) is 20.0 Å². The summed E-state index contributed by atoms with van der Waals surface area (Å²) in [5.41, 5.74) is 4.78. The lowest BCUT2D eigenvalue weighted by atomic mass is 10.2. The van der Waals surface area contributed by atoms with E-state index in [1.165, 1.54) is 16.9 Å². The standard InChI is InChI=1S/C15H22N4/c1-5-15-12(11-19(4)17-15)10-16-13-6-8-14(9-7-13)18(2)3/h6-9,11,16H,5,10H2,1-4H3. The first-order valence-electron chi connectivity index (χ1n) is 6.62. The van der Waals surface area contributed by atoms with Gasteiger partial charge in [-0.25, -0.2) is 0 Å². The largest absolute Gasteiger partial charge is 0.381 e.